The highest BCUT2D eigenvalue weighted by molar-refractivity contribution is 5.84. The van der Waals surface area contributed by atoms with Crippen molar-refractivity contribution in [1.29, 1.82) is 0 Å². The van der Waals surface area contributed by atoms with E-state index in [9.17, 15) is 10.2 Å². The van der Waals surface area contributed by atoms with Crippen molar-refractivity contribution in [1.82, 2.24) is 15.3 Å². The minimum Gasteiger partial charge on any atom is -0.421 e. The van der Waals surface area contributed by atoms with Crippen molar-refractivity contribution in [3.8, 4) is 5.88 Å². The van der Waals surface area contributed by atoms with Gasteiger partial charge in [-0.3, -0.25) is 0 Å². The van der Waals surface area contributed by atoms with Crippen LogP contribution in [-0.2, 0) is 0 Å². The smallest absolute Gasteiger partial charge is 0.320 e. The second-order valence-electron chi connectivity index (χ2n) is 5.12. The molecule has 1 aromatic heterocycles. The zero-order valence-electron chi connectivity index (χ0n) is 11.8. The number of aromatic nitrogens is 2. The fourth-order valence-corrected chi connectivity index (χ4v) is 2.30. The first kappa shape index (κ1) is 14.0. The van der Waals surface area contributed by atoms with Gasteiger partial charge in [0.2, 0.25) is 11.8 Å². The molecule has 112 valence electrons. The average Bonchev–Trinajstić information content (AvgIpc) is 2.46. The number of nitrogens with zero attached hydrogens (tertiary/aromatic N) is 3. The van der Waals surface area contributed by atoms with Crippen molar-refractivity contribution in [3.63, 3.8) is 0 Å². The van der Waals surface area contributed by atoms with Gasteiger partial charge in [0.25, 0.3) is 0 Å². The molecule has 0 saturated carbocycles. The van der Waals surface area contributed by atoms with Gasteiger partial charge in [-0.05, 0) is 12.1 Å². The Morgan fingerprint density at radius 3 is 2.62 bits per heavy atom. The lowest BCUT2D eigenvalue weighted by molar-refractivity contribution is -0.278. The van der Waals surface area contributed by atoms with E-state index in [0.717, 1.165) is 33.1 Å². The number of aliphatic hydroxyl groups is 2. The maximum Gasteiger partial charge on any atom is 0.320 e. The molecular formula is C14H18N4O3. The summed E-state index contributed by atoms with van der Waals surface area (Å²) in [5.41, 5.74) is 0.709. The van der Waals surface area contributed by atoms with Crippen LogP contribution in [0.15, 0.2) is 24.3 Å². The van der Waals surface area contributed by atoms with Crippen LogP contribution in [-0.4, -0.2) is 52.3 Å². The summed E-state index contributed by atoms with van der Waals surface area (Å²) in [6.45, 7) is 4.48. The van der Waals surface area contributed by atoms with Crippen LogP contribution >= 0.6 is 0 Å². The Kier molecular flexibility index (Phi) is 3.62. The number of piperazine rings is 1. The van der Waals surface area contributed by atoms with Gasteiger partial charge >= 0.3 is 5.97 Å². The summed E-state index contributed by atoms with van der Waals surface area (Å²) in [5, 5.41) is 22.9. The molecule has 3 rings (SSSR count). The van der Waals surface area contributed by atoms with Gasteiger partial charge in [0.15, 0.2) is 0 Å². The molecule has 0 amide bonds. The average molecular weight is 290 g/mol. The molecule has 7 nitrogen and oxygen atoms in total. The van der Waals surface area contributed by atoms with E-state index in [-0.39, 0.29) is 5.88 Å². The Bertz CT molecular complexity index is 636. The van der Waals surface area contributed by atoms with Crippen molar-refractivity contribution < 1.29 is 14.9 Å². The fourth-order valence-electron chi connectivity index (χ4n) is 2.30. The summed E-state index contributed by atoms with van der Waals surface area (Å²) in [6, 6.07) is 7.34. The van der Waals surface area contributed by atoms with Gasteiger partial charge in [0.1, 0.15) is 0 Å². The zero-order valence-corrected chi connectivity index (χ0v) is 11.8. The van der Waals surface area contributed by atoms with Crippen LogP contribution < -0.4 is 15.0 Å². The predicted octanol–water partition coefficient (Wildman–Crippen LogP) is 0.0765. The maximum atomic E-state index is 9.48. The Hall–Kier alpha value is -1.96. The summed E-state index contributed by atoms with van der Waals surface area (Å²) in [5.74, 6) is -1.58. The van der Waals surface area contributed by atoms with Crippen molar-refractivity contribution in [2.45, 2.75) is 12.9 Å². The molecule has 1 fully saturated rings. The molecule has 0 bridgehead atoms. The first-order chi connectivity index (χ1) is 10.0. The molecule has 2 heterocycles. The number of nitrogens with one attached hydrogen (secondary N) is 1. The highest BCUT2D eigenvalue weighted by atomic mass is 16.8. The van der Waals surface area contributed by atoms with Crippen LogP contribution in [0.1, 0.15) is 6.92 Å². The first-order valence-electron chi connectivity index (χ1n) is 6.89. The Morgan fingerprint density at radius 1 is 1.19 bits per heavy atom. The van der Waals surface area contributed by atoms with Crippen molar-refractivity contribution >= 4 is 16.9 Å². The molecule has 0 atom stereocenters. The molecule has 1 aliphatic rings. The number of rotatable bonds is 3. The highest BCUT2D eigenvalue weighted by Crippen LogP contribution is 2.27. The molecular weight excluding hydrogens is 272 g/mol. The van der Waals surface area contributed by atoms with Gasteiger partial charge in [0, 0.05) is 33.1 Å². The summed E-state index contributed by atoms with van der Waals surface area (Å²) in [6.07, 6.45) is 0. The van der Waals surface area contributed by atoms with Crippen LogP contribution in [0.5, 0.6) is 5.88 Å². The highest BCUT2D eigenvalue weighted by Gasteiger charge is 2.22. The predicted molar refractivity (Wildman–Crippen MR) is 78.1 cm³/mol. The summed E-state index contributed by atoms with van der Waals surface area (Å²) in [4.78, 5) is 10.9. The third-order valence-corrected chi connectivity index (χ3v) is 3.25. The molecule has 0 spiro atoms. The normalized spacial score (nSPS) is 16.2. The monoisotopic (exact) mass is 290 g/mol. The molecule has 1 saturated heterocycles. The SMILES string of the molecule is CC(O)(O)Oc1nc(N2CCNCC2)nc2ccccc12. The van der Waals surface area contributed by atoms with Crippen LogP contribution in [0.3, 0.4) is 0 Å². The number of para-hydroxylation sites is 1. The largest absolute Gasteiger partial charge is 0.421 e. The van der Waals surface area contributed by atoms with Crippen molar-refractivity contribution in [3.05, 3.63) is 24.3 Å². The minimum absolute atomic E-state index is 0.168. The maximum absolute atomic E-state index is 9.48. The second kappa shape index (κ2) is 5.44. The lowest BCUT2D eigenvalue weighted by Crippen LogP contribution is -2.44. The first-order valence-corrected chi connectivity index (χ1v) is 6.89. The van der Waals surface area contributed by atoms with E-state index >= 15 is 0 Å². The van der Waals surface area contributed by atoms with Gasteiger partial charge in [-0.25, -0.2) is 4.98 Å². The summed E-state index contributed by atoms with van der Waals surface area (Å²) >= 11 is 0. The Balaban J connectivity index is 2.05. The molecule has 21 heavy (non-hydrogen) atoms. The minimum atomic E-state index is -2.28. The number of fused-ring (bicyclic) bond motifs is 1. The van der Waals surface area contributed by atoms with Gasteiger partial charge in [-0.1, -0.05) is 12.1 Å². The van der Waals surface area contributed by atoms with Crippen molar-refractivity contribution in [2.75, 3.05) is 31.1 Å². The van der Waals surface area contributed by atoms with E-state index in [0.29, 0.717) is 16.9 Å². The molecule has 1 aromatic carbocycles. The molecule has 0 unspecified atom stereocenters. The lowest BCUT2D eigenvalue weighted by Gasteiger charge is -2.28. The molecule has 3 N–H and O–H groups in total. The molecule has 2 aromatic rings. The van der Waals surface area contributed by atoms with E-state index in [2.05, 4.69) is 15.3 Å². The zero-order chi connectivity index (χ0) is 14.9. The van der Waals surface area contributed by atoms with E-state index in [1.165, 1.54) is 0 Å². The number of hydrogen-bond donors (Lipinski definition) is 3. The summed E-state index contributed by atoms with van der Waals surface area (Å²) < 4.78 is 5.16. The summed E-state index contributed by atoms with van der Waals surface area (Å²) in [7, 11) is 0. The number of hydrogen-bond acceptors (Lipinski definition) is 7. The quantitative estimate of drug-likeness (QED) is 0.689. The molecule has 1 aliphatic heterocycles. The van der Waals surface area contributed by atoms with Crippen LogP contribution in [0.4, 0.5) is 5.95 Å². The van der Waals surface area contributed by atoms with E-state index in [4.69, 9.17) is 4.74 Å². The van der Waals surface area contributed by atoms with Crippen LogP contribution in [0.25, 0.3) is 10.9 Å². The van der Waals surface area contributed by atoms with E-state index < -0.39 is 5.97 Å². The van der Waals surface area contributed by atoms with Crippen molar-refractivity contribution in [2.24, 2.45) is 0 Å². The second-order valence-corrected chi connectivity index (χ2v) is 5.12. The van der Waals surface area contributed by atoms with E-state index in [1.54, 1.807) is 6.07 Å². The topological polar surface area (TPSA) is 90.7 Å². The van der Waals surface area contributed by atoms with Crippen LogP contribution in [0, 0.1) is 0 Å². The fraction of sp³-hybridized carbons (Fsp3) is 0.429. The third-order valence-electron chi connectivity index (χ3n) is 3.25. The standard InChI is InChI=1S/C14H18N4O3/c1-14(19,20)21-12-10-4-2-3-5-11(10)16-13(17-12)18-8-6-15-7-9-18/h2-5,15,19-20H,6-9H2,1H3. The van der Waals surface area contributed by atoms with Gasteiger partial charge in [0.05, 0.1) is 10.9 Å². The molecule has 0 aliphatic carbocycles. The van der Waals surface area contributed by atoms with Crippen LogP contribution in [0.2, 0.25) is 0 Å². The number of anilines is 1. The van der Waals surface area contributed by atoms with Gasteiger partial charge in [-0.15, -0.1) is 0 Å². The Morgan fingerprint density at radius 2 is 1.90 bits per heavy atom. The molecule has 0 radical (unpaired) electrons. The van der Waals surface area contributed by atoms with Gasteiger partial charge < -0.3 is 25.2 Å². The van der Waals surface area contributed by atoms with E-state index in [1.807, 2.05) is 23.1 Å². The molecule has 7 heteroatoms. The number of ether oxygens (including phenoxy) is 1. The number of benzene rings is 1. The third kappa shape index (κ3) is 3.21. The Labute approximate surface area is 122 Å². The van der Waals surface area contributed by atoms with Gasteiger partial charge in [-0.2, -0.15) is 4.98 Å². The lowest BCUT2D eigenvalue weighted by atomic mass is 10.2.